The van der Waals surface area contributed by atoms with Crippen LogP contribution < -0.4 is 18.9 Å². The van der Waals surface area contributed by atoms with E-state index in [0.29, 0.717) is 48.9 Å². The molecule has 258 valence electrons. The Bertz CT molecular complexity index is 1550. The van der Waals surface area contributed by atoms with E-state index in [4.69, 9.17) is 28.4 Å². The van der Waals surface area contributed by atoms with Crippen LogP contribution in [0.15, 0.2) is 97.1 Å². The first kappa shape index (κ1) is 34.1. The standard InChI is InChI=1S/C40H46N2O7/c1-40(2)48-37-35(21-29-17-31(44-3)23-32(18-29)45-4)41(25-27-13-9-7-10-14-27)39(43)42(26-28-15-11-8-12-16-28)36(38(37)49-40)22-30-19-33(46-5)24-34(20-30)47-6/h7-20,23-24,35-38H,21-22,25-26H2,1-6H3/t35-,36-,37+,38+/m1/s1. The maximum absolute atomic E-state index is 15.3. The first-order chi connectivity index (χ1) is 23.7. The Morgan fingerprint density at radius 1 is 0.551 bits per heavy atom. The third-order valence-corrected chi connectivity index (χ3v) is 9.32. The number of fused-ring (bicyclic) bond motifs is 1. The molecule has 0 radical (unpaired) electrons. The molecule has 0 bridgehead atoms. The van der Waals surface area contributed by atoms with Gasteiger partial charge in [-0.1, -0.05) is 60.7 Å². The average Bonchev–Trinajstić information content (AvgIpc) is 3.42. The molecule has 4 aromatic rings. The third kappa shape index (κ3) is 7.79. The zero-order valence-corrected chi connectivity index (χ0v) is 29.1. The molecular weight excluding hydrogens is 620 g/mol. The Labute approximate surface area is 289 Å². The number of hydrogen-bond donors (Lipinski definition) is 0. The Kier molecular flexibility index (Phi) is 10.3. The second-order valence-electron chi connectivity index (χ2n) is 13.1. The molecule has 4 atom stereocenters. The highest BCUT2D eigenvalue weighted by molar-refractivity contribution is 5.76. The van der Waals surface area contributed by atoms with Gasteiger partial charge in [-0.2, -0.15) is 0 Å². The summed E-state index contributed by atoms with van der Waals surface area (Å²) in [5, 5.41) is 0. The molecule has 0 saturated carbocycles. The lowest BCUT2D eigenvalue weighted by Gasteiger charge is -2.37. The summed E-state index contributed by atoms with van der Waals surface area (Å²) in [5.74, 6) is 1.83. The van der Waals surface area contributed by atoms with Crippen molar-refractivity contribution in [1.29, 1.82) is 0 Å². The number of carbonyl (C=O) groups is 1. The molecule has 0 spiro atoms. The minimum Gasteiger partial charge on any atom is -0.497 e. The number of ether oxygens (including phenoxy) is 6. The van der Waals surface area contributed by atoms with Crippen LogP contribution in [0.3, 0.4) is 0 Å². The highest BCUT2D eigenvalue weighted by atomic mass is 16.8. The van der Waals surface area contributed by atoms with Crippen LogP contribution in [-0.4, -0.2) is 74.3 Å². The van der Waals surface area contributed by atoms with E-state index in [1.165, 1.54) is 0 Å². The van der Waals surface area contributed by atoms with Gasteiger partial charge >= 0.3 is 6.03 Å². The van der Waals surface area contributed by atoms with Gasteiger partial charge in [0.1, 0.15) is 35.2 Å². The topological polar surface area (TPSA) is 78.9 Å². The van der Waals surface area contributed by atoms with Crippen LogP contribution in [0.4, 0.5) is 4.79 Å². The summed E-state index contributed by atoms with van der Waals surface area (Å²) < 4.78 is 36.2. The summed E-state index contributed by atoms with van der Waals surface area (Å²) in [6.07, 6.45) is 0.0633. The van der Waals surface area contributed by atoms with Gasteiger partial charge in [0.15, 0.2) is 5.79 Å². The highest BCUT2D eigenvalue weighted by Gasteiger charge is 2.55. The predicted octanol–water partition coefficient (Wildman–Crippen LogP) is 6.90. The molecule has 0 aromatic heterocycles. The lowest BCUT2D eigenvalue weighted by molar-refractivity contribution is -0.157. The Balaban J connectivity index is 1.51. The summed E-state index contributed by atoms with van der Waals surface area (Å²) in [4.78, 5) is 19.2. The van der Waals surface area contributed by atoms with E-state index < -0.39 is 18.0 Å². The molecule has 2 heterocycles. The van der Waals surface area contributed by atoms with Crippen molar-refractivity contribution in [2.45, 2.75) is 69.9 Å². The summed E-state index contributed by atoms with van der Waals surface area (Å²) in [6, 6.07) is 31.0. The molecule has 2 fully saturated rings. The lowest BCUT2D eigenvalue weighted by atomic mass is 9.90. The minimum atomic E-state index is -0.888. The van der Waals surface area contributed by atoms with Crippen LogP contribution in [-0.2, 0) is 35.4 Å². The average molecular weight is 667 g/mol. The van der Waals surface area contributed by atoms with Gasteiger partial charge in [0.2, 0.25) is 0 Å². The van der Waals surface area contributed by atoms with Crippen LogP contribution in [0.2, 0.25) is 0 Å². The minimum absolute atomic E-state index is 0.0909. The van der Waals surface area contributed by atoms with Crippen LogP contribution in [0.1, 0.15) is 36.1 Å². The molecule has 0 aliphatic carbocycles. The first-order valence-corrected chi connectivity index (χ1v) is 16.6. The monoisotopic (exact) mass is 666 g/mol. The Morgan fingerprint density at radius 3 is 1.22 bits per heavy atom. The van der Waals surface area contributed by atoms with E-state index >= 15 is 4.79 Å². The van der Waals surface area contributed by atoms with E-state index in [2.05, 4.69) is 24.3 Å². The molecule has 2 saturated heterocycles. The molecule has 2 aliphatic rings. The van der Waals surface area contributed by atoms with Gasteiger partial charge in [-0.05, 0) is 73.2 Å². The van der Waals surface area contributed by atoms with E-state index in [1.807, 2.05) is 96.4 Å². The largest absolute Gasteiger partial charge is 0.497 e. The predicted molar refractivity (Wildman–Crippen MR) is 187 cm³/mol. The van der Waals surface area contributed by atoms with Crippen LogP contribution >= 0.6 is 0 Å². The second-order valence-corrected chi connectivity index (χ2v) is 13.1. The van der Waals surface area contributed by atoms with Crippen LogP contribution in [0.25, 0.3) is 0 Å². The molecule has 4 aromatic carbocycles. The molecule has 2 amide bonds. The van der Waals surface area contributed by atoms with E-state index in [1.54, 1.807) is 28.4 Å². The van der Waals surface area contributed by atoms with Crippen molar-refractivity contribution in [2.75, 3.05) is 28.4 Å². The normalized spacial score (nSPS) is 21.6. The molecule has 49 heavy (non-hydrogen) atoms. The first-order valence-electron chi connectivity index (χ1n) is 16.6. The van der Waals surface area contributed by atoms with Gasteiger partial charge in [-0.15, -0.1) is 0 Å². The number of rotatable bonds is 12. The fourth-order valence-electron chi connectivity index (χ4n) is 7.05. The molecule has 9 nitrogen and oxygen atoms in total. The van der Waals surface area contributed by atoms with Crippen molar-refractivity contribution in [3.63, 3.8) is 0 Å². The quantitative estimate of drug-likeness (QED) is 0.163. The van der Waals surface area contributed by atoms with Crippen LogP contribution in [0, 0.1) is 0 Å². The third-order valence-electron chi connectivity index (χ3n) is 9.32. The number of hydrogen-bond acceptors (Lipinski definition) is 7. The van der Waals surface area contributed by atoms with Crippen molar-refractivity contribution in [1.82, 2.24) is 9.80 Å². The van der Waals surface area contributed by atoms with Crippen molar-refractivity contribution >= 4 is 6.03 Å². The van der Waals surface area contributed by atoms with Crippen molar-refractivity contribution in [3.8, 4) is 23.0 Å². The maximum atomic E-state index is 15.3. The van der Waals surface area contributed by atoms with E-state index in [9.17, 15) is 0 Å². The van der Waals surface area contributed by atoms with Crippen molar-refractivity contribution in [2.24, 2.45) is 0 Å². The zero-order chi connectivity index (χ0) is 34.5. The molecule has 9 heteroatoms. The summed E-state index contributed by atoms with van der Waals surface area (Å²) >= 11 is 0. The fraction of sp³-hybridized carbons (Fsp3) is 0.375. The Hall–Kier alpha value is -4.73. The Morgan fingerprint density at radius 2 is 0.898 bits per heavy atom. The van der Waals surface area contributed by atoms with Gasteiger partial charge < -0.3 is 38.2 Å². The number of benzene rings is 4. The number of nitrogens with zero attached hydrogens (tertiary/aromatic N) is 2. The fourth-order valence-corrected chi connectivity index (χ4v) is 7.05. The smallest absolute Gasteiger partial charge is 0.321 e. The molecule has 6 rings (SSSR count). The SMILES string of the molecule is COc1cc(C[C@@H]2[C@@H]3OC(C)(C)O[C@H]3[C@@H](Cc3cc(OC)cc(OC)c3)N(Cc3ccccc3)C(=O)N2Cc2ccccc2)cc(OC)c1. The molecule has 0 N–H and O–H groups in total. The molecule has 0 unspecified atom stereocenters. The van der Waals surface area contributed by atoms with Gasteiger partial charge in [-0.25, -0.2) is 4.79 Å². The van der Waals surface area contributed by atoms with Crippen molar-refractivity contribution < 1.29 is 33.2 Å². The molecule has 2 aliphatic heterocycles. The van der Waals surface area contributed by atoms with Crippen LogP contribution in [0.5, 0.6) is 23.0 Å². The van der Waals surface area contributed by atoms with Gasteiger partial charge in [-0.3, -0.25) is 0 Å². The lowest BCUT2D eigenvalue weighted by Crippen LogP contribution is -2.51. The number of amides is 2. The number of urea groups is 1. The summed E-state index contributed by atoms with van der Waals surface area (Å²) in [6.45, 7) is 4.68. The number of carbonyl (C=O) groups excluding carboxylic acids is 1. The highest BCUT2D eigenvalue weighted by Crippen LogP contribution is 2.41. The summed E-state index contributed by atoms with van der Waals surface area (Å²) in [7, 11) is 6.56. The van der Waals surface area contributed by atoms with E-state index in [-0.39, 0.29) is 18.1 Å². The number of methoxy groups -OCH3 is 4. The van der Waals surface area contributed by atoms with Gasteiger partial charge in [0.05, 0.1) is 40.5 Å². The van der Waals surface area contributed by atoms with Crippen molar-refractivity contribution in [3.05, 3.63) is 119 Å². The van der Waals surface area contributed by atoms with Gasteiger partial charge in [0.25, 0.3) is 0 Å². The maximum Gasteiger partial charge on any atom is 0.321 e. The molecular formula is C40H46N2O7. The summed E-state index contributed by atoms with van der Waals surface area (Å²) in [5.41, 5.74) is 3.97. The zero-order valence-electron chi connectivity index (χ0n) is 29.1. The van der Waals surface area contributed by atoms with Gasteiger partial charge in [0, 0.05) is 25.2 Å². The second kappa shape index (κ2) is 14.8. The van der Waals surface area contributed by atoms with E-state index in [0.717, 1.165) is 22.3 Å².